The van der Waals surface area contributed by atoms with Gasteiger partial charge in [0.2, 0.25) is 0 Å². The number of hydrogen-bond acceptors (Lipinski definition) is 2. The fourth-order valence-corrected chi connectivity index (χ4v) is 1.52. The molecular formula is C9H18N2. The quantitative estimate of drug-likeness (QED) is 0.410. The molecule has 2 nitrogen and oxygen atoms in total. The van der Waals surface area contributed by atoms with Gasteiger partial charge in [-0.15, -0.1) is 0 Å². The molecule has 2 heteroatoms. The van der Waals surface area contributed by atoms with Crippen molar-refractivity contribution in [2.24, 2.45) is 11.5 Å². The first-order valence-electron chi connectivity index (χ1n) is 4.24. The highest BCUT2D eigenvalue weighted by Crippen LogP contribution is 2.28. The third-order valence-corrected chi connectivity index (χ3v) is 2.49. The van der Waals surface area contributed by atoms with Gasteiger partial charge in [-0.05, 0) is 39.5 Å². The van der Waals surface area contributed by atoms with E-state index in [1.165, 1.54) is 5.57 Å². The summed E-state index contributed by atoms with van der Waals surface area (Å²) in [5.41, 5.74) is 14.2. The van der Waals surface area contributed by atoms with Crippen LogP contribution in [-0.4, -0.2) is 5.66 Å². The minimum atomic E-state index is -0.390. The van der Waals surface area contributed by atoms with Gasteiger partial charge < -0.3 is 11.5 Å². The van der Waals surface area contributed by atoms with E-state index in [9.17, 15) is 0 Å². The Balaban J connectivity index is 2.56. The van der Waals surface area contributed by atoms with Crippen molar-refractivity contribution in [3.8, 4) is 0 Å². The van der Waals surface area contributed by atoms with Crippen LogP contribution in [0.2, 0.25) is 0 Å². The highest BCUT2D eigenvalue weighted by atomic mass is 14.9. The standard InChI is InChI=1S/C9H18N2/c1-7(2)8-3-5-9(10,11)6-4-8/h3-6,10-11H2,1-2H3. The van der Waals surface area contributed by atoms with Crippen LogP contribution in [0.3, 0.4) is 0 Å². The minimum Gasteiger partial charge on any atom is -0.313 e. The van der Waals surface area contributed by atoms with E-state index >= 15 is 0 Å². The molecular weight excluding hydrogens is 136 g/mol. The molecule has 0 spiro atoms. The number of hydrogen-bond donors (Lipinski definition) is 2. The number of allylic oxidation sites excluding steroid dienone is 2. The van der Waals surface area contributed by atoms with Crippen molar-refractivity contribution in [2.45, 2.75) is 45.2 Å². The molecule has 0 saturated heterocycles. The maximum absolute atomic E-state index is 5.80. The third-order valence-electron chi connectivity index (χ3n) is 2.49. The van der Waals surface area contributed by atoms with Gasteiger partial charge in [0.05, 0.1) is 5.66 Å². The van der Waals surface area contributed by atoms with E-state index in [1.807, 2.05) is 0 Å². The van der Waals surface area contributed by atoms with Gasteiger partial charge in [0.15, 0.2) is 0 Å². The summed E-state index contributed by atoms with van der Waals surface area (Å²) in [7, 11) is 0. The topological polar surface area (TPSA) is 52.0 Å². The molecule has 1 saturated carbocycles. The normalized spacial score (nSPS) is 23.5. The molecule has 11 heavy (non-hydrogen) atoms. The molecule has 0 radical (unpaired) electrons. The number of nitrogens with two attached hydrogens (primary N) is 2. The van der Waals surface area contributed by atoms with Crippen LogP contribution in [0.1, 0.15) is 39.5 Å². The summed E-state index contributed by atoms with van der Waals surface area (Å²) >= 11 is 0. The lowest BCUT2D eigenvalue weighted by Crippen LogP contribution is -2.50. The summed E-state index contributed by atoms with van der Waals surface area (Å²) in [4.78, 5) is 0. The second-order valence-electron chi connectivity index (χ2n) is 3.84. The van der Waals surface area contributed by atoms with Gasteiger partial charge in [-0.25, -0.2) is 0 Å². The lowest BCUT2D eigenvalue weighted by molar-refractivity contribution is 0.344. The van der Waals surface area contributed by atoms with Crippen LogP contribution in [0.5, 0.6) is 0 Å². The van der Waals surface area contributed by atoms with E-state index < -0.39 is 0 Å². The molecule has 1 aliphatic carbocycles. The molecule has 0 aromatic rings. The molecule has 1 rings (SSSR count). The van der Waals surface area contributed by atoms with Crippen LogP contribution in [0, 0.1) is 0 Å². The summed E-state index contributed by atoms with van der Waals surface area (Å²) in [6, 6.07) is 0. The molecule has 1 aliphatic rings. The predicted molar refractivity (Wildman–Crippen MR) is 47.9 cm³/mol. The average molecular weight is 154 g/mol. The van der Waals surface area contributed by atoms with Gasteiger partial charge in [0.25, 0.3) is 0 Å². The minimum absolute atomic E-state index is 0.390. The van der Waals surface area contributed by atoms with Crippen molar-refractivity contribution in [2.75, 3.05) is 0 Å². The molecule has 4 N–H and O–H groups in total. The second kappa shape index (κ2) is 2.95. The molecule has 0 bridgehead atoms. The number of rotatable bonds is 0. The second-order valence-corrected chi connectivity index (χ2v) is 3.84. The molecule has 0 aromatic carbocycles. The van der Waals surface area contributed by atoms with E-state index in [0.717, 1.165) is 25.7 Å². The van der Waals surface area contributed by atoms with Crippen LogP contribution in [0.4, 0.5) is 0 Å². The van der Waals surface area contributed by atoms with Crippen LogP contribution >= 0.6 is 0 Å². The Hall–Kier alpha value is -0.340. The van der Waals surface area contributed by atoms with E-state index in [-0.39, 0.29) is 5.66 Å². The zero-order valence-corrected chi connectivity index (χ0v) is 7.48. The molecule has 0 unspecified atom stereocenters. The van der Waals surface area contributed by atoms with E-state index in [2.05, 4.69) is 13.8 Å². The first kappa shape index (κ1) is 8.75. The summed E-state index contributed by atoms with van der Waals surface area (Å²) in [5, 5.41) is 0. The SMILES string of the molecule is CC(C)=C1CCC(N)(N)CC1. The average Bonchev–Trinajstić information content (AvgIpc) is 1.86. The maximum atomic E-state index is 5.80. The predicted octanol–water partition coefficient (Wildman–Crippen LogP) is 1.51. The van der Waals surface area contributed by atoms with Gasteiger partial charge in [0, 0.05) is 0 Å². The monoisotopic (exact) mass is 154 g/mol. The van der Waals surface area contributed by atoms with Gasteiger partial charge in [0.1, 0.15) is 0 Å². The van der Waals surface area contributed by atoms with Gasteiger partial charge in [-0.2, -0.15) is 0 Å². The van der Waals surface area contributed by atoms with Crippen LogP contribution in [0.15, 0.2) is 11.1 Å². The highest BCUT2D eigenvalue weighted by molar-refractivity contribution is 5.13. The summed E-state index contributed by atoms with van der Waals surface area (Å²) in [6.45, 7) is 4.32. The summed E-state index contributed by atoms with van der Waals surface area (Å²) < 4.78 is 0. The fourth-order valence-electron chi connectivity index (χ4n) is 1.52. The van der Waals surface area contributed by atoms with Crippen LogP contribution < -0.4 is 11.5 Å². The highest BCUT2D eigenvalue weighted by Gasteiger charge is 2.24. The van der Waals surface area contributed by atoms with Crippen molar-refractivity contribution in [3.05, 3.63) is 11.1 Å². The fraction of sp³-hybridized carbons (Fsp3) is 0.778. The van der Waals surface area contributed by atoms with Crippen molar-refractivity contribution in [1.29, 1.82) is 0 Å². The third kappa shape index (κ3) is 2.31. The Morgan fingerprint density at radius 3 is 2.00 bits per heavy atom. The lowest BCUT2D eigenvalue weighted by Gasteiger charge is -2.31. The van der Waals surface area contributed by atoms with Crippen molar-refractivity contribution >= 4 is 0 Å². The lowest BCUT2D eigenvalue weighted by atomic mass is 9.85. The molecule has 0 aromatic heterocycles. The van der Waals surface area contributed by atoms with Gasteiger partial charge >= 0.3 is 0 Å². The molecule has 0 atom stereocenters. The van der Waals surface area contributed by atoms with Gasteiger partial charge in [-0.3, -0.25) is 0 Å². The Labute approximate surface area is 68.6 Å². The molecule has 0 amide bonds. The van der Waals surface area contributed by atoms with E-state index in [0.29, 0.717) is 0 Å². The molecule has 1 fully saturated rings. The van der Waals surface area contributed by atoms with Crippen molar-refractivity contribution in [1.82, 2.24) is 0 Å². The molecule has 64 valence electrons. The zero-order valence-electron chi connectivity index (χ0n) is 7.48. The van der Waals surface area contributed by atoms with Crippen LogP contribution in [-0.2, 0) is 0 Å². The summed E-state index contributed by atoms with van der Waals surface area (Å²) in [5.74, 6) is 0. The van der Waals surface area contributed by atoms with Gasteiger partial charge in [-0.1, -0.05) is 11.1 Å². The van der Waals surface area contributed by atoms with Crippen molar-refractivity contribution in [3.63, 3.8) is 0 Å². The zero-order chi connectivity index (χ0) is 8.48. The van der Waals surface area contributed by atoms with Crippen LogP contribution in [0.25, 0.3) is 0 Å². The van der Waals surface area contributed by atoms with E-state index in [4.69, 9.17) is 11.5 Å². The van der Waals surface area contributed by atoms with E-state index in [1.54, 1.807) is 5.57 Å². The Morgan fingerprint density at radius 1 is 1.18 bits per heavy atom. The Kier molecular flexibility index (Phi) is 2.35. The van der Waals surface area contributed by atoms with Crippen molar-refractivity contribution < 1.29 is 0 Å². The first-order chi connectivity index (χ1) is 5.01. The Morgan fingerprint density at radius 2 is 1.64 bits per heavy atom. The molecule has 0 aliphatic heterocycles. The maximum Gasteiger partial charge on any atom is 0.0642 e. The largest absolute Gasteiger partial charge is 0.313 e. The first-order valence-corrected chi connectivity index (χ1v) is 4.24. The smallest absolute Gasteiger partial charge is 0.0642 e. The Bertz CT molecular complexity index is 164. The molecule has 0 heterocycles. The summed E-state index contributed by atoms with van der Waals surface area (Å²) in [6.07, 6.45) is 4.06.